The highest BCUT2D eigenvalue weighted by Gasteiger charge is 2.33. The Labute approximate surface area is 245 Å². The molecule has 0 N–H and O–H groups in total. The van der Waals surface area contributed by atoms with Crippen molar-refractivity contribution in [3.8, 4) is 0 Å². The highest BCUT2D eigenvalue weighted by Crippen LogP contribution is 2.32. The fourth-order valence-electron chi connectivity index (χ4n) is 6.59. The highest BCUT2D eigenvalue weighted by molar-refractivity contribution is 5.87. The molecule has 0 spiro atoms. The normalized spacial score (nSPS) is 20.2. The molecule has 9 heteroatoms. The van der Waals surface area contributed by atoms with Crippen LogP contribution in [0.1, 0.15) is 78.1 Å². The molecule has 1 amide bonds. The second-order valence-electron chi connectivity index (χ2n) is 12.8. The summed E-state index contributed by atoms with van der Waals surface area (Å²) in [5, 5.41) is 5.60. The number of amides is 1. The predicted octanol–water partition coefficient (Wildman–Crippen LogP) is 4.80. The number of nitrogens with zero attached hydrogens (tertiary/aromatic N) is 8. The minimum atomic E-state index is 0.177. The molecule has 222 valence electrons. The van der Waals surface area contributed by atoms with Crippen LogP contribution in [0.4, 0.5) is 5.82 Å². The first kappa shape index (κ1) is 29.4. The summed E-state index contributed by atoms with van der Waals surface area (Å²) in [7, 11) is 0. The maximum Gasteiger partial charge on any atom is 0.225 e. The molecular weight excluding hydrogens is 512 g/mol. The molecule has 1 saturated heterocycles. The van der Waals surface area contributed by atoms with E-state index in [0.717, 1.165) is 106 Å². The molecule has 3 aromatic heterocycles. The van der Waals surface area contributed by atoms with E-state index >= 15 is 0 Å². The van der Waals surface area contributed by atoms with Gasteiger partial charge in [0.2, 0.25) is 5.91 Å². The number of carbonyl (C=O) groups is 1. The van der Waals surface area contributed by atoms with Crippen LogP contribution in [0.5, 0.6) is 0 Å². The molecule has 3 aromatic rings. The van der Waals surface area contributed by atoms with E-state index in [-0.39, 0.29) is 11.5 Å². The Morgan fingerprint density at radius 3 is 2.41 bits per heavy atom. The number of hydrogen-bond acceptors (Lipinski definition) is 7. The van der Waals surface area contributed by atoms with Gasteiger partial charge >= 0.3 is 0 Å². The summed E-state index contributed by atoms with van der Waals surface area (Å²) in [6.45, 7) is 17.1. The number of carbonyl (C=O) groups excluding carboxylic acids is 1. The third kappa shape index (κ3) is 6.88. The molecule has 1 aliphatic carbocycles. The molecule has 41 heavy (non-hydrogen) atoms. The summed E-state index contributed by atoms with van der Waals surface area (Å²) < 4.78 is 1.91. The van der Waals surface area contributed by atoms with Crippen LogP contribution in [0, 0.1) is 11.8 Å². The summed E-state index contributed by atoms with van der Waals surface area (Å²) in [5.41, 5.74) is 3.12. The molecule has 0 aromatic carbocycles. The molecule has 2 aliphatic rings. The number of hydrogen-bond donors (Lipinski definition) is 0. The van der Waals surface area contributed by atoms with Gasteiger partial charge in [0.15, 0.2) is 5.65 Å². The fraction of sp³-hybridized carbons (Fsp3) is 0.656. The van der Waals surface area contributed by atoms with E-state index in [0.29, 0.717) is 18.4 Å². The van der Waals surface area contributed by atoms with E-state index in [1.165, 1.54) is 0 Å². The van der Waals surface area contributed by atoms with Gasteiger partial charge in [0.05, 0.1) is 23.8 Å². The lowest BCUT2D eigenvalue weighted by atomic mass is 9.80. The van der Waals surface area contributed by atoms with Crippen LogP contribution in [-0.2, 0) is 17.8 Å². The maximum absolute atomic E-state index is 13.4. The fourth-order valence-corrected chi connectivity index (χ4v) is 6.59. The molecule has 5 rings (SSSR count). The van der Waals surface area contributed by atoms with E-state index in [4.69, 9.17) is 4.98 Å². The van der Waals surface area contributed by atoms with Crippen molar-refractivity contribution in [3.05, 3.63) is 42.1 Å². The molecule has 0 unspecified atom stereocenters. The lowest BCUT2D eigenvalue weighted by molar-refractivity contribution is -0.137. The van der Waals surface area contributed by atoms with Gasteiger partial charge in [-0.2, -0.15) is 5.10 Å². The first-order chi connectivity index (χ1) is 19.8. The van der Waals surface area contributed by atoms with Crippen LogP contribution in [0.15, 0.2) is 30.7 Å². The Morgan fingerprint density at radius 2 is 1.73 bits per heavy atom. The quantitative estimate of drug-likeness (QED) is 0.372. The highest BCUT2D eigenvalue weighted by atomic mass is 16.2. The third-order valence-corrected chi connectivity index (χ3v) is 8.99. The van der Waals surface area contributed by atoms with Crippen molar-refractivity contribution in [2.45, 2.75) is 85.2 Å². The number of aryl methyl sites for hydroxylation is 1. The van der Waals surface area contributed by atoms with E-state index in [9.17, 15) is 4.79 Å². The minimum absolute atomic E-state index is 0.177. The largest absolute Gasteiger partial charge is 0.352 e. The lowest BCUT2D eigenvalue weighted by Gasteiger charge is -2.40. The first-order valence-electron chi connectivity index (χ1n) is 15.7. The molecule has 4 heterocycles. The van der Waals surface area contributed by atoms with Gasteiger partial charge in [-0.05, 0) is 77.5 Å². The Kier molecular flexibility index (Phi) is 9.22. The van der Waals surface area contributed by atoms with Gasteiger partial charge in [0.1, 0.15) is 12.1 Å². The molecule has 1 saturated carbocycles. The number of pyridine rings is 1. The van der Waals surface area contributed by atoms with Gasteiger partial charge in [0, 0.05) is 49.9 Å². The Hall–Kier alpha value is -3.07. The molecule has 0 radical (unpaired) electrons. The van der Waals surface area contributed by atoms with Gasteiger partial charge in [-0.3, -0.25) is 14.7 Å². The van der Waals surface area contributed by atoms with Crippen molar-refractivity contribution >= 4 is 22.8 Å². The second kappa shape index (κ2) is 12.8. The Balaban J connectivity index is 1.16. The van der Waals surface area contributed by atoms with Crippen molar-refractivity contribution in [1.29, 1.82) is 0 Å². The number of aromatic nitrogens is 5. The molecular formula is C32H48N8O. The lowest BCUT2D eigenvalue weighted by Crippen LogP contribution is -2.51. The third-order valence-electron chi connectivity index (χ3n) is 8.99. The van der Waals surface area contributed by atoms with Crippen molar-refractivity contribution in [3.63, 3.8) is 0 Å². The smallest absolute Gasteiger partial charge is 0.225 e. The minimum Gasteiger partial charge on any atom is -0.352 e. The summed E-state index contributed by atoms with van der Waals surface area (Å²) in [4.78, 5) is 34.4. The van der Waals surface area contributed by atoms with Crippen LogP contribution in [-0.4, -0.2) is 85.2 Å². The summed E-state index contributed by atoms with van der Waals surface area (Å²) in [6.07, 6.45) is 9.91. The standard InChI is InChI=1S/C32H48N8O/c1-6-9-26-10-8-11-27(36-26)22-40-30-28(20-35-40)29(33-23-34-30)37-16-18-38(19-17-37)31(41)25-14-12-24(13-15-25)21-39(7-2)32(3,4)5/h8,10-11,20,23-25H,6-7,9,12-19,21-22H2,1-5H3/t24-,25-. The zero-order valence-corrected chi connectivity index (χ0v) is 25.7. The van der Waals surface area contributed by atoms with Crippen LogP contribution in [0.25, 0.3) is 11.0 Å². The molecule has 0 atom stereocenters. The molecule has 0 bridgehead atoms. The van der Waals surface area contributed by atoms with Crippen LogP contribution in [0.2, 0.25) is 0 Å². The molecule has 9 nitrogen and oxygen atoms in total. The van der Waals surface area contributed by atoms with E-state index in [2.05, 4.69) is 76.5 Å². The van der Waals surface area contributed by atoms with E-state index < -0.39 is 0 Å². The van der Waals surface area contributed by atoms with Crippen molar-refractivity contribution < 1.29 is 4.79 Å². The zero-order valence-electron chi connectivity index (χ0n) is 25.7. The second-order valence-corrected chi connectivity index (χ2v) is 12.8. The maximum atomic E-state index is 13.4. The SMILES string of the molecule is CCCc1cccc(Cn2ncc3c(N4CCN(C(=O)[C@H]5CC[C@H](CN(CC)C(C)(C)C)CC5)CC4)ncnc32)n1. The topological polar surface area (TPSA) is 83.3 Å². The average molecular weight is 561 g/mol. The summed E-state index contributed by atoms with van der Waals surface area (Å²) in [6, 6.07) is 6.19. The van der Waals surface area contributed by atoms with Crippen molar-refractivity contribution in [2.24, 2.45) is 11.8 Å². The zero-order chi connectivity index (χ0) is 29.0. The predicted molar refractivity (Wildman–Crippen MR) is 164 cm³/mol. The van der Waals surface area contributed by atoms with Gasteiger partial charge in [-0.25, -0.2) is 14.6 Å². The summed E-state index contributed by atoms with van der Waals surface area (Å²) >= 11 is 0. The number of fused-ring (bicyclic) bond motifs is 1. The summed E-state index contributed by atoms with van der Waals surface area (Å²) in [5.74, 6) is 2.13. The Morgan fingerprint density at radius 1 is 1.00 bits per heavy atom. The Bertz CT molecular complexity index is 1300. The van der Waals surface area contributed by atoms with Crippen LogP contribution < -0.4 is 4.90 Å². The van der Waals surface area contributed by atoms with Crippen LogP contribution >= 0.6 is 0 Å². The van der Waals surface area contributed by atoms with E-state index in [1.54, 1.807) is 6.33 Å². The van der Waals surface area contributed by atoms with Crippen LogP contribution in [0.3, 0.4) is 0 Å². The number of piperazine rings is 1. The number of rotatable bonds is 9. The van der Waals surface area contributed by atoms with Crippen molar-refractivity contribution in [1.82, 2.24) is 34.5 Å². The van der Waals surface area contributed by atoms with Gasteiger partial charge in [-0.15, -0.1) is 0 Å². The van der Waals surface area contributed by atoms with Gasteiger partial charge < -0.3 is 9.80 Å². The molecule has 2 fully saturated rings. The average Bonchev–Trinajstić information content (AvgIpc) is 3.38. The van der Waals surface area contributed by atoms with Gasteiger partial charge in [-0.1, -0.05) is 26.3 Å². The molecule has 1 aliphatic heterocycles. The van der Waals surface area contributed by atoms with E-state index in [1.807, 2.05) is 16.9 Å². The first-order valence-corrected chi connectivity index (χ1v) is 15.7. The van der Waals surface area contributed by atoms with Crippen molar-refractivity contribution in [2.75, 3.05) is 44.2 Å². The van der Waals surface area contributed by atoms with Gasteiger partial charge in [0.25, 0.3) is 0 Å². The number of anilines is 1. The monoisotopic (exact) mass is 560 g/mol.